The Morgan fingerprint density at radius 1 is 1.50 bits per heavy atom. The van der Waals surface area contributed by atoms with Gasteiger partial charge in [0.15, 0.2) is 0 Å². The van der Waals surface area contributed by atoms with Crippen LogP contribution in [-0.2, 0) is 0 Å². The number of hydrogen-bond donors (Lipinski definition) is 2. The van der Waals surface area contributed by atoms with Gasteiger partial charge < -0.3 is 10.4 Å². The number of benzene rings is 1. The van der Waals surface area contributed by atoms with Gasteiger partial charge in [-0.25, -0.2) is 4.79 Å². The highest BCUT2D eigenvalue weighted by atomic mass is 127. The van der Waals surface area contributed by atoms with Crippen molar-refractivity contribution in [3.63, 3.8) is 0 Å². The maximum atomic E-state index is 11.0. The van der Waals surface area contributed by atoms with E-state index in [0.717, 1.165) is 22.2 Å². The maximum Gasteiger partial charge on any atom is 0.336 e. The molecule has 0 radical (unpaired) electrons. The largest absolute Gasteiger partial charge is 0.478 e. The van der Waals surface area contributed by atoms with Crippen LogP contribution in [-0.4, -0.2) is 24.2 Å². The van der Waals surface area contributed by atoms with Gasteiger partial charge in [-0.05, 0) is 40.3 Å². The Bertz CT molecular complexity index is 374. The molecule has 1 fully saturated rings. The SMILES string of the molecule is O=C(O)c1cc(I)ccc1C1CNC1. The fourth-order valence-electron chi connectivity index (χ4n) is 1.58. The Morgan fingerprint density at radius 2 is 2.21 bits per heavy atom. The Hall–Kier alpha value is -0.620. The van der Waals surface area contributed by atoms with Gasteiger partial charge >= 0.3 is 5.97 Å². The summed E-state index contributed by atoms with van der Waals surface area (Å²) in [6, 6.07) is 5.62. The van der Waals surface area contributed by atoms with Gasteiger partial charge in [-0.15, -0.1) is 0 Å². The third-order valence-electron chi connectivity index (χ3n) is 2.47. The average molecular weight is 303 g/mol. The topological polar surface area (TPSA) is 49.3 Å². The van der Waals surface area contributed by atoms with Crippen LogP contribution < -0.4 is 5.32 Å². The Balaban J connectivity index is 2.41. The lowest BCUT2D eigenvalue weighted by molar-refractivity contribution is 0.0694. The monoisotopic (exact) mass is 303 g/mol. The molecule has 1 aliphatic rings. The molecule has 2 rings (SSSR count). The zero-order valence-electron chi connectivity index (χ0n) is 7.46. The van der Waals surface area contributed by atoms with E-state index in [1.165, 1.54) is 0 Å². The molecule has 0 spiro atoms. The number of nitrogens with one attached hydrogen (secondary N) is 1. The van der Waals surface area contributed by atoms with Gasteiger partial charge in [0.05, 0.1) is 5.56 Å². The molecule has 74 valence electrons. The second-order valence-electron chi connectivity index (χ2n) is 3.39. The maximum absolute atomic E-state index is 11.0. The van der Waals surface area contributed by atoms with Crippen LogP contribution in [0.3, 0.4) is 0 Å². The first kappa shape index (κ1) is 9.92. The molecule has 4 heteroatoms. The standard InChI is InChI=1S/C10H10INO2/c11-7-1-2-8(6-4-12-5-6)9(3-7)10(13)14/h1-3,6,12H,4-5H2,(H,13,14). The lowest BCUT2D eigenvalue weighted by Crippen LogP contribution is -2.40. The minimum atomic E-state index is -0.828. The zero-order chi connectivity index (χ0) is 10.1. The van der Waals surface area contributed by atoms with Crippen LogP contribution in [0.4, 0.5) is 0 Å². The lowest BCUT2D eigenvalue weighted by atomic mass is 9.90. The second kappa shape index (κ2) is 3.86. The summed E-state index contributed by atoms with van der Waals surface area (Å²) in [6.45, 7) is 1.78. The lowest BCUT2D eigenvalue weighted by Gasteiger charge is -2.28. The Labute approximate surface area is 95.7 Å². The first-order valence-corrected chi connectivity index (χ1v) is 5.50. The van der Waals surface area contributed by atoms with Crippen LogP contribution >= 0.6 is 22.6 Å². The molecule has 1 aliphatic heterocycles. The summed E-state index contributed by atoms with van der Waals surface area (Å²) < 4.78 is 0.969. The molecule has 1 heterocycles. The molecule has 1 aromatic carbocycles. The molecular weight excluding hydrogens is 293 g/mol. The van der Waals surface area contributed by atoms with Gasteiger partial charge in [-0.3, -0.25) is 0 Å². The molecule has 3 nitrogen and oxygen atoms in total. The summed E-state index contributed by atoms with van der Waals surface area (Å²) in [5, 5.41) is 12.2. The van der Waals surface area contributed by atoms with E-state index in [4.69, 9.17) is 5.11 Å². The normalized spacial score (nSPS) is 16.4. The summed E-state index contributed by atoms with van der Waals surface area (Å²) in [4.78, 5) is 11.0. The second-order valence-corrected chi connectivity index (χ2v) is 4.64. The van der Waals surface area contributed by atoms with Crippen LogP contribution in [0.25, 0.3) is 0 Å². The number of carboxylic acids is 1. The van der Waals surface area contributed by atoms with Crippen LogP contribution in [0.5, 0.6) is 0 Å². The van der Waals surface area contributed by atoms with E-state index in [2.05, 4.69) is 27.9 Å². The molecule has 0 bridgehead atoms. The molecule has 0 saturated carbocycles. The summed E-state index contributed by atoms with van der Waals surface area (Å²) in [6.07, 6.45) is 0. The van der Waals surface area contributed by atoms with Gasteiger partial charge in [0, 0.05) is 22.6 Å². The van der Waals surface area contributed by atoms with Gasteiger partial charge in [0.2, 0.25) is 0 Å². The predicted molar refractivity (Wildman–Crippen MR) is 61.7 cm³/mol. The number of hydrogen-bond acceptors (Lipinski definition) is 2. The molecule has 14 heavy (non-hydrogen) atoms. The van der Waals surface area contributed by atoms with E-state index < -0.39 is 5.97 Å². The quantitative estimate of drug-likeness (QED) is 0.817. The van der Waals surface area contributed by atoms with Crippen molar-refractivity contribution >= 4 is 28.6 Å². The highest BCUT2D eigenvalue weighted by molar-refractivity contribution is 14.1. The minimum absolute atomic E-state index is 0.373. The first-order valence-electron chi connectivity index (χ1n) is 4.42. The number of rotatable bonds is 2. The highest BCUT2D eigenvalue weighted by Gasteiger charge is 2.23. The summed E-state index contributed by atoms with van der Waals surface area (Å²) in [7, 11) is 0. The van der Waals surface area contributed by atoms with Crippen molar-refractivity contribution in [3.05, 3.63) is 32.9 Å². The average Bonchev–Trinajstić information content (AvgIpc) is 2.04. The van der Waals surface area contributed by atoms with E-state index in [1.54, 1.807) is 6.07 Å². The smallest absolute Gasteiger partial charge is 0.336 e. The number of carboxylic acid groups (broad SMARTS) is 1. The van der Waals surface area contributed by atoms with Crippen molar-refractivity contribution in [2.45, 2.75) is 5.92 Å². The van der Waals surface area contributed by atoms with Crippen LogP contribution in [0.1, 0.15) is 21.8 Å². The van der Waals surface area contributed by atoms with Crippen molar-refractivity contribution in [3.8, 4) is 0 Å². The molecule has 0 unspecified atom stereocenters. The van der Waals surface area contributed by atoms with E-state index in [0.29, 0.717) is 11.5 Å². The fourth-order valence-corrected chi connectivity index (χ4v) is 2.07. The highest BCUT2D eigenvalue weighted by Crippen LogP contribution is 2.25. The summed E-state index contributed by atoms with van der Waals surface area (Å²) in [5.41, 5.74) is 1.40. The van der Waals surface area contributed by atoms with E-state index >= 15 is 0 Å². The van der Waals surface area contributed by atoms with Gasteiger partial charge in [-0.1, -0.05) is 6.07 Å². The molecule has 0 amide bonds. The minimum Gasteiger partial charge on any atom is -0.478 e. The zero-order valence-corrected chi connectivity index (χ0v) is 9.61. The molecule has 2 N–H and O–H groups in total. The number of carbonyl (C=O) groups is 1. The van der Waals surface area contributed by atoms with Crippen molar-refractivity contribution < 1.29 is 9.90 Å². The third-order valence-corrected chi connectivity index (χ3v) is 3.14. The predicted octanol–water partition coefficient (Wildman–Crippen LogP) is 1.68. The van der Waals surface area contributed by atoms with Crippen LogP contribution in [0.15, 0.2) is 18.2 Å². The van der Waals surface area contributed by atoms with Crippen LogP contribution in [0.2, 0.25) is 0 Å². The third kappa shape index (κ3) is 1.76. The molecule has 0 aliphatic carbocycles. The van der Waals surface area contributed by atoms with Crippen molar-refractivity contribution in [1.29, 1.82) is 0 Å². The summed E-state index contributed by atoms with van der Waals surface area (Å²) >= 11 is 2.13. The Kier molecular flexibility index (Phi) is 2.73. The molecule has 0 aromatic heterocycles. The van der Waals surface area contributed by atoms with Crippen LogP contribution in [0, 0.1) is 3.57 Å². The molecule has 1 aromatic rings. The van der Waals surface area contributed by atoms with Gasteiger partial charge in [-0.2, -0.15) is 0 Å². The summed E-state index contributed by atoms with van der Waals surface area (Å²) in [5.74, 6) is -0.455. The first-order chi connectivity index (χ1) is 6.68. The number of halogens is 1. The van der Waals surface area contributed by atoms with Crippen molar-refractivity contribution in [2.75, 3.05) is 13.1 Å². The van der Waals surface area contributed by atoms with E-state index in [1.807, 2.05) is 12.1 Å². The van der Waals surface area contributed by atoms with Crippen molar-refractivity contribution in [2.24, 2.45) is 0 Å². The number of aromatic carboxylic acids is 1. The molecular formula is C10H10INO2. The van der Waals surface area contributed by atoms with Gasteiger partial charge in [0.1, 0.15) is 0 Å². The van der Waals surface area contributed by atoms with Gasteiger partial charge in [0.25, 0.3) is 0 Å². The fraction of sp³-hybridized carbons (Fsp3) is 0.300. The van der Waals surface area contributed by atoms with E-state index in [9.17, 15) is 4.79 Å². The molecule has 0 atom stereocenters. The van der Waals surface area contributed by atoms with E-state index in [-0.39, 0.29) is 0 Å². The Morgan fingerprint density at radius 3 is 2.71 bits per heavy atom. The molecule has 1 saturated heterocycles. The van der Waals surface area contributed by atoms with Crippen molar-refractivity contribution in [1.82, 2.24) is 5.32 Å².